The van der Waals surface area contributed by atoms with Gasteiger partial charge in [0.1, 0.15) is 12.4 Å². The zero-order valence-electron chi connectivity index (χ0n) is 16.6. The van der Waals surface area contributed by atoms with Crippen LogP contribution in [-0.2, 0) is 20.0 Å². The summed E-state index contributed by atoms with van der Waals surface area (Å²) >= 11 is 0. The molecule has 0 saturated carbocycles. The summed E-state index contributed by atoms with van der Waals surface area (Å²) in [5.74, 6) is 1.62. The quantitative estimate of drug-likeness (QED) is 0.262. The van der Waals surface area contributed by atoms with E-state index < -0.39 is 0 Å². The third kappa shape index (κ3) is 6.57. The monoisotopic (exact) mass is 483 g/mol. The minimum absolute atomic E-state index is 0. The highest BCUT2D eigenvalue weighted by Gasteiger charge is 2.09. The molecule has 0 aliphatic heterocycles. The first-order valence-electron chi connectivity index (χ1n) is 8.82. The molecule has 0 unspecified atom stereocenters. The minimum Gasteiger partial charge on any atom is -0.489 e. The van der Waals surface area contributed by atoms with Gasteiger partial charge in [0.25, 0.3) is 0 Å². The Morgan fingerprint density at radius 3 is 2.67 bits per heavy atom. The maximum Gasteiger partial charge on any atom is 0.191 e. The minimum atomic E-state index is 0. The first kappa shape index (κ1) is 23.0. The van der Waals surface area contributed by atoms with Gasteiger partial charge in [-0.2, -0.15) is 5.10 Å². The molecule has 2 aromatic rings. The molecule has 2 N–H and O–H groups in total. The molecule has 1 heterocycles. The molecule has 7 heteroatoms. The highest BCUT2D eigenvalue weighted by atomic mass is 127. The summed E-state index contributed by atoms with van der Waals surface area (Å²) in [6, 6.07) is 7.97. The highest BCUT2D eigenvalue weighted by Crippen LogP contribution is 2.17. The number of hydrogen-bond acceptors (Lipinski definition) is 3. The average molecular weight is 483 g/mol. The van der Waals surface area contributed by atoms with Crippen LogP contribution in [0.25, 0.3) is 0 Å². The first-order chi connectivity index (χ1) is 12.6. The van der Waals surface area contributed by atoms with Crippen LogP contribution in [0.15, 0.2) is 41.9 Å². The Hall–Kier alpha value is -2.03. The fourth-order valence-electron chi connectivity index (χ4n) is 2.82. The SMILES string of the molecule is C=CCOc1ccccc1CNC(=NC)NCCc1c(C)nn(C)c1C.I. The fourth-order valence-corrected chi connectivity index (χ4v) is 2.82. The van der Waals surface area contributed by atoms with Crippen LogP contribution in [0.1, 0.15) is 22.5 Å². The van der Waals surface area contributed by atoms with E-state index in [-0.39, 0.29) is 24.0 Å². The van der Waals surface area contributed by atoms with Crippen molar-refractivity contribution in [3.05, 3.63) is 59.4 Å². The van der Waals surface area contributed by atoms with Gasteiger partial charge in [-0.15, -0.1) is 24.0 Å². The second-order valence-corrected chi connectivity index (χ2v) is 6.08. The topological polar surface area (TPSA) is 63.5 Å². The Kier molecular flexibility index (Phi) is 9.92. The van der Waals surface area contributed by atoms with Crippen LogP contribution in [-0.4, -0.2) is 35.9 Å². The van der Waals surface area contributed by atoms with Crippen molar-refractivity contribution < 1.29 is 4.74 Å². The third-order valence-electron chi connectivity index (χ3n) is 4.33. The van der Waals surface area contributed by atoms with E-state index in [1.54, 1.807) is 13.1 Å². The zero-order chi connectivity index (χ0) is 18.9. The molecule has 0 fully saturated rings. The Morgan fingerprint density at radius 2 is 2.04 bits per heavy atom. The summed E-state index contributed by atoms with van der Waals surface area (Å²) < 4.78 is 7.62. The number of hydrogen-bond donors (Lipinski definition) is 2. The van der Waals surface area contributed by atoms with Crippen molar-refractivity contribution in [1.29, 1.82) is 0 Å². The standard InChI is InChI=1S/C20H29N5O.HI/c1-6-13-26-19-10-8-7-9-17(19)14-23-20(21-4)22-12-11-18-15(2)24-25(5)16(18)3;/h6-10H,1,11-14H2,2-5H3,(H2,21,22,23);1H. The van der Waals surface area contributed by atoms with Crippen LogP contribution in [0.5, 0.6) is 5.75 Å². The molecule has 0 spiro atoms. The van der Waals surface area contributed by atoms with Crippen molar-refractivity contribution in [2.24, 2.45) is 12.0 Å². The van der Waals surface area contributed by atoms with Gasteiger partial charge in [0, 0.05) is 38.4 Å². The number of rotatable bonds is 8. The number of nitrogens with zero attached hydrogens (tertiary/aromatic N) is 3. The van der Waals surface area contributed by atoms with Gasteiger partial charge in [0.05, 0.1) is 5.69 Å². The number of aromatic nitrogens is 2. The zero-order valence-corrected chi connectivity index (χ0v) is 18.9. The predicted octanol–water partition coefficient (Wildman–Crippen LogP) is 3.13. The molecule has 0 aliphatic rings. The number of guanidine groups is 1. The first-order valence-corrected chi connectivity index (χ1v) is 8.82. The van der Waals surface area contributed by atoms with Crippen molar-refractivity contribution in [1.82, 2.24) is 20.4 Å². The summed E-state index contributed by atoms with van der Waals surface area (Å²) in [4.78, 5) is 4.29. The number of halogens is 1. The average Bonchev–Trinajstić information content (AvgIpc) is 2.89. The second-order valence-electron chi connectivity index (χ2n) is 6.08. The van der Waals surface area contributed by atoms with Crippen LogP contribution in [0, 0.1) is 13.8 Å². The van der Waals surface area contributed by atoms with Gasteiger partial charge >= 0.3 is 0 Å². The van der Waals surface area contributed by atoms with Gasteiger partial charge < -0.3 is 15.4 Å². The Labute approximate surface area is 179 Å². The van der Waals surface area contributed by atoms with Crippen molar-refractivity contribution >= 4 is 29.9 Å². The van der Waals surface area contributed by atoms with E-state index in [0.717, 1.165) is 35.9 Å². The molecule has 27 heavy (non-hydrogen) atoms. The number of aryl methyl sites for hydroxylation is 2. The number of aliphatic imine (C=N–C) groups is 1. The van der Waals surface area contributed by atoms with Crippen LogP contribution in [0.2, 0.25) is 0 Å². The molecule has 0 bridgehead atoms. The Bertz CT molecular complexity index is 770. The molecule has 0 amide bonds. The molecule has 0 radical (unpaired) electrons. The van der Waals surface area contributed by atoms with Crippen LogP contribution in [0.3, 0.4) is 0 Å². The van der Waals surface area contributed by atoms with Gasteiger partial charge in [-0.3, -0.25) is 9.67 Å². The van der Waals surface area contributed by atoms with E-state index >= 15 is 0 Å². The van der Waals surface area contributed by atoms with Crippen molar-refractivity contribution in [3.63, 3.8) is 0 Å². The number of para-hydroxylation sites is 1. The van der Waals surface area contributed by atoms with Crippen molar-refractivity contribution in [2.45, 2.75) is 26.8 Å². The van der Waals surface area contributed by atoms with Crippen molar-refractivity contribution in [2.75, 3.05) is 20.2 Å². The van der Waals surface area contributed by atoms with Crippen LogP contribution in [0.4, 0.5) is 0 Å². The fraction of sp³-hybridized carbons (Fsp3) is 0.400. The second kappa shape index (κ2) is 11.6. The third-order valence-corrected chi connectivity index (χ3v) is 4.33. The molecule has 2 rings (SSSR count). The predicted molar refractivity (Wildman–Crippen MR) is 122 cm³/mol. The summed E-state index contributed by atoms with van der Waals surface area (Å²) in [6.45, 7) is 9.76. The van der Waals surface area contributed by atoms with E-state index in [1.807, 2.05) is 36.0 Å². The lowest BCUT2D eigenvalue weighted by atomic mass is 10.1. The van der Waals surface area contributed by atoms with Gasteiger partial charge in [-0.1, -0.05) is 30.9 Å². The van der Waals surface area contributed by atoms with E-state index in [4.69, 9.17) is 4.74 Å². The molecule has 148 valence electrons. The normalized spacial score (nSPS) is 10.9. The Balaban J connectivity index is 0.00000364. The molecule has 0 atom stereocenters. The van der Waals surface area contributed by atoms with Gasteiger partial charge in [-0.25, -0.2) is 0 Å². The summed E-state index contributed by atoms with van der Waals surface area (Å²) in [5.41, 5.74) is 4.67. The summed E-state index contributed by atoms with van der Waals surface area (Å²) in [5, 5.41) is 11.2. The molecular weight excluding hydrogens is 453 g/mol. The molecule has 1 aromatic carbocycles. The van der Waals surface area contributed by atoms with Gasteiger partial charge in [0.15, 0.2) is 5.96 Å². The molecule has 1 aromatic heterocycles. The summed E-state index contributed by atoms with van der Waals surface area (Å²) in [6.07, 6.45) is 2.65. The lowest BCUT2D eigenvalue weighted by Gasteiger charge is -2.14. The lowest BCUT2D eigenvalue weighted by Crippen LogP contribution is -2.38. The van der Waals surface area contributed by atoms with Crippen LogP contribution < -0.4 is 15.4 Å². The number of nitrogens with one attached hydrogen (secondary N) is 2. The summed E-state index contributed by atoms with van der Waals surface area (Å²) in [7, 11) is 3.75. The van der Waals surface area contributed by atoms with E-state index in [2.05, 4.69) is 41.2 Å². The number of benzene rings is 1. The molecule has 0 aliphatic carbocycles. The smallest absolute Gasteiger partial charge is 0.191 e. The van der Waals surface area contributed by atoms with E-state index in [1.165, 1.54) is 11.3 Å². The van der Waals surface area contributed by atoms with Crippen LogP contribution >= 0.6 is 24.0 Å². The molecule has 0 saturated heterocycles. The maximum absolute atomic E-state index is 5.69. The molecule has 6 nitrogen and oxygen atoms in total. The maximum atomic E-state index is 5.69. The largest absolute Gasteiger partial charge is 0.489 e. The number of ether oxygens (including phenoxy) is 1. The van der Waals surface area contributed by atoms with Gasteiger partial charge in [-0.05, 0) is 31.9 Å². The lowest BCUT2D eigenvalue weighted by molar-refractivity contribution is 0.358. The highest BCUT2D eigenvalue weighted by molar-refractivity contribution is 14.0. The molecular formula is C20H30IN5O. The van der Waals surface area contributed by atoms with E-state index in [0.29, 0.717) is 13.2 Å². The van der Waals surface area contributed by atoms with E-state index in [9.17, 15) is 0 Å². The van der Waals surface area contributed by atoms with Crippen molar-refractivity contribution in [3.8, 4) is 5.75 Å². The van der Waals surface area contributed by atoms with Gasteiger partial charge in [0.2, 0.25) is 0 Å². The Morgan fingerprint density at radius 1 is 1.30 bits per heavy atom.